The molecular formula is C15H27N3O3S. The fraction of sp³-hybridized carbons (Fsp3) is 0.933. The van der Waals surface area contributed by atoms with Crippen LogP contribution < -0.4 is 0 Å². The second-order valence-electron chi connectivity index (χ2n) is 6.99. The normalized spacial score (nSPS) is 31.1. The highest BCUT2D eigenvalue weighted by Crippen LogP contribution is 2.28. The van der Waals surface area contributed by atoms with Gasteiger partial charge in [-0.15, -0.1) is 0 Å². The van der Waals surface area contributed by atoms with Crippen molar-refractivity contribution in [2.45, 2.75) is 44.3 Å². The molecule has 3 aliphatic rings. The van der Waals surface area contributed by atoms with Crippen molar-refractivity contribution < 1.29 is 13.2 Å². The van der Waals surface area contributed by atoms with Gasteiger partial charge in [0.2, 0.25) is 5.91 Å². The summed E-state index contributed by atoms with van der Waals surface area (Å²) in [5, 5.41) is 0. The molecule has 0 aromatic heterocycles. The monoisotopic (exact) mass is 329 g/mol. The fourth-order valence-corrected chi connectivity index (χ4v) is 5.42. The van der Waals surface area contributed by atoms with Gasteiger partial charge in [0.25, 0.3) is 0 Å². The number of hydrogen-bond acceptors (Lipinski definition) is 5. The third kappa shape index (κ3) is 3.46. The summed E-state index contributed by atoms with van der Waals surface area (Å²) in [7, 11) is -1.19. The summed E-state index contributed by atoms with van der Waals surface area (Å²) in [5.41, 5.74) is 0. The Morgan fingerprint density at radius 2 is 1.77 bits per heavy atom. The maximum absolute atomic E-state index is 12.6. The van der Waals surface area contributed by atoms with Gasteiger partial charge in [0.05, 0.1) is 17.5 Å². The molecule has 0 aromatic rings. The third-order valence-electron chi connectivity index (χ3n) is 5.42. The van der Waals surface area contributed by atoms with Gasteiger partial charge in [-0.25, -0.2) is 8.42 Å². The zero-order valence-electron chi connectivity index (χ0n) is 13.6. The van der Waals surface area contributed by atoms with Gasteiger partial charge in [0.1, 0.15) is 0 Å². The van der Waals surface area contributed by atoms with Crippen molar-refractivity contribution in [3.63, 3.8) is 0 Å². The molecule has 1 aliphatic carbocycles. The number of amides is 1. The molecule has 2 heterocycles. The van der Waals surface area contributed by atoms with Crippen molar-refractivity contribution in [2.75, 3.05) is 44.7 Å². The molecule has 1 saturated carbocycles. The first-order valence-corrected chi connectivity index (χ1v) is 10.1. The van der Waals surface area contributed by atoms with Crippen LogP contribution in [0.1, 0.15) is 26.2 Å². The minimum absolute atomic E-state index is 0.0574. The highest BCUT2D eigenvalue weighted by atomic mass is 32.2. The summed E-state index contributed by atoms with van der Waals surface area (Å²) in [5.74, 6) is 0.392. The quantitative estimate of drug-likeness (QED) is 0.715. The molecule has 0 spiro atoms. The molecule has 2 saturated heterocycles. The van der Waals surface area contributed by atoms with E-state index in [1.54, 1.807) is 11.9 Å². The van der Waals surface area contributed by atoms with E-state index in [-0.39, 0.29) is 29.5 Å². The molecule has 22 heavy (non-hydrogen) atoms. The summed E-state index contributed by atoms with van der Waals surface area (Å²) < 4.78 is 23.2. The summed E-state index contributed by atoms with van der Waals surface area (Å²) >= 11 is 0. The molecule has 126 valence electrons. The van der Waals surface area contributed by atoms with Crippen molar-refractivity contribution in [3.05, 3.63) is 0 Å². The zero-order valence-corrected chi connectivity index (χ0v) is 14.4. The predicted molar refractivity (Wildman–Crippen MR) is 85.5 cm³/mol. The molecule has 2 atom stereocenters. The Bertz CT molecular complexity index is 524. The standard InChI is InChI=1S/C15H27N3O3S/c1-12(17-6-8-18(9-7-17)13-3-4-13)15(19)16(2)14-5-10-22(20,21)11-14/h12-14H,3-11H2,1-2H3. The van der Waals surface area contributed by atoms with Gasteiger partial charge in [-0.05, 0) is 26.2 Å². The van der Waals surface area contributed by atoms with Crippen LogP contribution in [-0.4, -0.2) is 91.9 Å². The zero-order chi connectivity index (χ0) is 15.9. The van der Waals surface area contributed by atoms with Gasteiger partial charge in [-0.1, -0.05) is 0 Å². The summed E-state index contributed by atoms with van der Waals surface area (Å²) in [4.78, 5) is 19.1. The van der Waals surface area contributed by atoms with Gasteiger partial charge >= 0.3 is 0 Å². The minimum Gasteiger partial charge on any atom is -0.340 e. The first-order valence-electron chi connectivity index (χ1n) is 8.32. The highest BCUT2D eigenvalue weighted by Gasteiger charge is 2.37. The molecule has 6 nitrogen and oxygen atoms in total. The maximum atomic E-state index is 12.6. The van der Waals surface area contributed by atoms with E-state index < -0.39 is 9.84 Å². The Balaban J connectivity index is 1.53. The second-order valence-corrected chi connectivity index (χ2v) is 9.21. The lowest BCUT2D eigenvalue weighted by molar-refractivity contribution is -0.137. The van der Waals surface area contributed by atoms with E-state index in [0.29, 0.717) is 6.42 Å². The number of nitrogens with zero attached hydrogens (tertiary/aromatic N) is 3. The van der Waals surface area contributed by atoms with Crippen LogP contribution >= 0.6 is 0 Å². The van der Waals surface area contributed by atoms with Crippen molar-refractivity contribution in [1.29, 1.82) is 0 Å². The summed E-state index contributed by atoms with van der Waals surface area (Å²) in [6.07, 6.45) is 3.23. The molecule has 0 bridgehead atoms. The van der Waals surface area contributed by atoms with E-state index in [1.807, 2.05) is 6.92 Å². The van der Waals surface area contributed by atoms with E-state index in [9.17, 15) is 13.2 Å². The van der Waals surface area contributed by atoms with Crippen LogP contribution in [0.25, 0.3) is 0 Å². The van der Waals surface area contributed by atoms with E-state index >= 15 is 0 Å². The Kier molecular flexibility index (Phi) is 4.49. The van der Waals surface area contributed by atoms with E-state index in [0.717, 1.165) is 32.2 Å². The van der Waals surface area contributed by atoms with Crippen molar-refractivity contribution in [1.82, 2.24) is 14.7 Å². The number of hydrogen-bond donors (Lipinski definition) is 0. The number of piperazine rings is 1. The highest BCUT2D eigenvalue weighted by molar-refractivity contribution is 7.91. The van der Waals surface area contributed by atoms with Crippen LogP contribution in [0, 0.1) is 0 Å². The van der Waals surface area contributed by atoms with Crippen LogP contribution in [0.2, 0.25) is 0 Å². The van der Waals surface area contributed by atoms with Crippen molar-refractivity contribution in [3.8, 4) is 0 Å². The molecule has 0 radical (unpaired) electrons. The van der Waals surface area contributed by atoms with Gasteiger partial charge in [0.15, 0.2) is 9.84 Å². The first-order chi connectivity index (χ1) is 10.4. The van der Waals surface area contributed by atoms with Gasteiger partial charge < -0.3 is 4.90 Å². The van der Waals surface area contributed by atoms with Crippen molar-refractivity contribution >= 4 is 15.7 Å². The lowest BCUT2D eigenvalue weighted by Crippen LogP contribution is -2.55. The second kappa shape index (κ2) is 6.09. The van der Waals surface area contributed by atoms with Crippen molar-refractivity contribution in [2.24, 2.45) is 0 Å². The molecular weight excluding hydrogens is 302 g/mol. The van der Waals surface area contributed by atoms with E-state index in [2.05, 4.69) is 9.80 Å². The smallest absolute Gasteiger partial charge is 0.239 e. The molecule has 0 aromatic carbocycles. The largest absolute Gasteiger partial charge is 0.340 e. The molecule has 3 rings (SSSR count). The van der Waals surface area contributed by atoms with Gasteiger partial charge in [-0.3, -0.25) is 14.6 Å². The average Bonchev–Trinajstić information content (AvgIpc) is 3.29. The van der Waals surface area contributed by atoms with Crippen LogP contribution in [-0.2, 0) is 14.6 Å². The molecule has 7 heteroatoms. The average molecular weight is 329 g/mol. The minimum atomic E-state index is -2.95. The Labute approximate surface area is 133 Å². The number of rotatable bonds is 4. The van der Waals surface area contributed by atoms with Crippen LogP contribution in [0.15, 0.2) is 0 Å². The number of carbonyl (C=O) groups excluding carboxylic acids is 1. The molecule has 0 N–H and O–H groups in total. The number of sulfone groups is 1. The topological polar surface area (TPSA) is 60.9 Å². The number of carbonyl (C=O) groups is 1. The van der Waals surface area contributed by atoms with Crippen LogP contribution in [0.3, 0.4) is 0 Å². The van der Waals surface area contributed by atoms with E-state index in [4.69, 9.17) is 0 Å². The Morgan fingerprint density at radius 1 is 1.14 bits per heavy atom. The SMILES string of the molecule is CC(C(=O)N(C)C1CCS(=O)(=O)C1)N1CCN(C2CC2)CC1. The Morgan fingerprint density at radius 3 is 2.27 bits per heavy atom. The molecule has 2 aliphatic heterocycles. The van der Waals surface area contributed by atoms with Gasteiger partial charge in [0, 0.05) is 45.3 Å². The third-order valence-corrected chi connectivity index (χ3v) is 7.17. The molecule has 1 amide bonds. The predicted octanol–water partition coefficient (Wildman–Crippen LogP) is -0.200. The first kappa shape index (κ1) is 16.2. The fourth-order valence-electron chi connectivity index (χ4n) is 3.64. The van der Waals surface area contributed by atoms with Crippen LogP contribution in [0.5, 0.6) is 0 Å². The van der Waals surface area contributed by atoms with Gasteiger partial charge in [-0.2, -0.15) is 0 Å². The lowest BCUT2D eigenvalue weighted by Gasteiger charge is -2.39. The maximum Gasteiger partial charge on any atom is 0.239 e. The number of likely N-dealkylation sites (N-methyl/N-ethyl adjacent to an activating group) is 1. The summed E-state index contributed by atoms with van der Waals surface area (Å²) in [6, 6.07) is 0.488. The summed E-state index contributed by atoms with van der Waals surface area (Å²) in [6.45, 7) is 5.91. The molecule has 3 fully saturated rings. The van der Waals surface area contributed by atoms with Crippen LogP contribution in [0.4, 0.5) is 0 Å². The lowest BCUT2D eigenvalue weighted by atomic mass is 10.1. The van der Waals surface area contributed by atoms with E-state index in [1.165, 1.54) is 12.8 Å². The Hall–Kier alpha value is -0.660. The molecule has 2 unspecified atom stereocenters.